The fourth-order valence-corrected chi connectivity index (χ4v) is 1.49. The number of methoxy groups -OCH3 is 1. The van der Waals surface area contributed by atoms with Gasteiger partial charge >= 0.3 is 11.6 Å². The molecule has 1 aromatic rings. The van der Waals surface area contributed by atoms with Crippen LogP contribution >= 0.6 is 0 Å². The van der Waals surface area contributed by atoms with E-state index in [9.17, 15) is 14.9 Å². The van der Waals surface area contributed by atoms with Crippen LogP contribution in [0.25, 0.3) is 0 Å². The van der Waals surface area contributed by atoms with Crippen molar-refractivity contribution in [3.8, 4) is 5.88 Å². The molecule has 8 heteroatoms. The quantitative estimate of drug-likeness (QED) is 0.433. The van der Waals surface area contributed by atoms with E-state index in [0.29, 0.717) is 6.54 Å². The van der Waals surface area contributed by atoms with Crippen LogP contribution in [0.4, 0.5) is 5.69 Å². The van der Waals surface area contributed by atoms with Gasteiger partial charge in [0.15, 0.2) is 0 Å². The molecule has 0 spiro atoms. The van der Waals surface area contributed by atoms with Gasteiger partial charge in [0.05, 0.1) is 18.6 Å². The highest BCUT2D eigenvalue weighted by Gasteiger charge is 2.20. The molecule has 0 aliphatic rings. The summed E-state index contributed by atoms with van der Waals surface area (Å²) in [6, 6.07) is 0. The molecular weight excluding hydrogens is 252 g/mol. The average Bonchev–Trinajstić information content (AvgIpc) is 2.80. The lowest BCUT2D eigenvalue weighted by molar-refractivity contribution is -0.385. The van der Waals surface area contributed by atoms with E-state index in [1.165, 1.54) is 18.0 Å². The molecule has 0 atom stereocenters. The van der Waals surface area contributed by atoms with Gasteiger partial charge < -0.3 is 10.1 Å². The minimum absolute atomic E-state index is 0.0450. The number of aryl methyl sites for hydroxylation is 1. The van der Waals surface area contributed by atoms with Gasteiger partial charge in [-0.05, 0) is 6.42 Å². The summed E-state index contributed by atoms with van der Waals surface area (Å²) < 4.78 is 6.14. The lowest BCUT2D eigenvalue weighted by atomic mass is 10.3. The maximum absolute atomic E-state index is 11.5. The molecule has 0 aromatic carbocycles. The molecule has 0 saturated heterocycles. The van der Waals surface area contributed by atoms with E-state index < -0.39 is 4.92 Å². The Labute approximate surface area is 110 Å². The van der Waals surface area contributed by atoms with E-state index in [4.69, 9.17) is 4.74 Å². The second-order valence-electron chi connectivity index (χ2n) is 4.00. The third-order valence-corrected chi connectivity index (χ3v) is 2.52. The van der Waals surface area contributed by atoms with Crippen LogP contribution in [0.3, 0.4) is 0 Å². The first-order valence-corrected chi connectivity index (χ1v) is 6.11. The predicted molar refractivity (Wildman–Crippen MR) is 68.0 cm³/mol. The zero-order valence-corrected chi connectivity index (χ0v) is 11.1. The summed E-state index contributed by atoms with van der Waals surface area (Å²) >= 11 is 0. The van der Waals surface area contributed by atoms with E-state index in [-0.39, 0.29) is 30.4 Å². The van der Waals surface area contributed by atoms with Crippen LogP contribution in [0.5, 0.6) is 5.88 Å². The van der Waals surface area contributed by atoms with Crippen LogP contribution in [-0.4, -0.2) is 34.3 Å². The average molecular weight is 270 g/mol. The number of nitro groups is 1. The lowest BCUT2D eigenvalue weighted by Crippen LogP contribution is -2.25. The molecule has 106 valence electrons. The minimum atomic E-state index is -0.566. The number of nitrogens with one attached hydrogen (secondary N) is 1. The van der Waals surface area contributed by atoms with Gasteiger partial charge in [-0.1, -0.05) is 13.3 Å². The van der Waals surface area contributed by atoms with Crippen molar-refractivity contribution in [3.05, 3.63) is 16.3 Å². The highest BCUT2D eigenvalue weighted by molar-refractivity contribution is 5.75. The molecule has 0 saturated carbocycles. The SMILES string of the molecule is CCCCNC(=O)CCn1cc([N+](=O)[O-])c(OC)n1. The van der Waals surface area contributed by atoms with E-state index in [2.05, 4.69) is 10.4 Å². The van der Waals surface area contributed by atoms with Crippen molar-refractivity contribution in [2.24, 2.45) is 0 Å². The number of hydrogen-bond donors (Lipinski definition) is 1. The molecule has 1 N–H and O–H groups in total. The number of unbranched alkanes of at least 4 members (excludes halogenated alkanes) is 1. The summed E-state index contributed by atoms with van der Waals surface area (Å²) in [4.78, 5) is 21.6. The summed E-state index contributed by atoms with van der Waals surface area (Å²) in [7, 11) is 1.32. The number of carbonyl (C=O) groups excluding carboxylic acids is 1. The molecule has 1 rings (SSSR count). The third kappa shape index (κ3) is 4.57. The van der Waals surface area contributed by atoms with Gasteiger partial charge in [0, 0.05) is 13.0 Å². The van der Waals surface area contributed by atoms with E-state index in [1.54, 1.807) is 0 Å². The van der Waals surface area contributed by atoms with Crippen LogP contribution in [0.15, 0.2) is 6.20 Å². The van der Waals surface area contributed by atoms with Gasteiger partial charge in [0.25, 0.3) is 0 Å². The molecule has 1 aromatic heterocycles. The van der Waals surface area contributed by atoms with Crippen molar-refractivity contribution in [1.29, 1.82) is 0 Å². The first kappa shape index (κ1) is 14.9. The van der Waals surface area contributed by atoms with Gasteiger partial charge in [0.2, 0.25) is 5.91 Å². The largest absolute Gasteiger partial charge is 0.475 e. The Bertz CT molecular complexity index is 444. The Morgan fingerprint density at radius 3 is 2.89 bits per heavy atom. The van der Waals surface area contributed by atoms with Gasteiger partial charge in [-0.15, -0.1) is 5.10 Å². The summed E-state index contributed by atoms with van der Waals surface area (Å²) in [5.74, 6) is -0.137. The van der Waals surface area contributed by atoms with Crippen LogP contribution in [0, 0.1) is 10.1 Å². The maximum atomic E-state index is 11.5. The lowest BCUT2D eigenvalue weighted by Gasteiger charge is -2.03. The predicted octanol–water partition coefficient (Wildman–Crippen LogP) is 1.11. The molecule has 0 radical (unpaired) electrons. The normalized spacial score (nSPS) is 10.2. The number of amides is 1. The molecule has 19 heavy (non-hydrogen) atoms. The van der Waals surface area contributed by atoms with Gasteiger partial charge in [0.1, 0.15) is 6.20 Å². The molecule has 1 amide bonds. The number of aromatic nitrogens is 2. The molecular formula is C11H18N4O4. The first-order chi connectivity index (χ1) is 9.08. The minimum Gasteiger partial charge on any atom is -0.475 e. The molecule has 0 aliphatic carbocycles. The summed E-state index contributed by atoms with van der Waals surface area (Å²) in [6.45, 7) is 2.97. The Morgan fingerprint density at radius 1 is 1.63 bits per heavy atom. The fourth-order valence-electron chi connectivity index (χ4n) is 1.49. The molecule has 8 nitrogen and oxygen atoms in total. The van der Waals surface area contributed by atoms with Gasteiger partial charge in [-0.25, -0.2) is 0 Å². The standard InChI is InChI=1S/C11H18N4O4/c1-3-4-6-12-10(16)5-7-14-8-9(15(17)18)11(13-14)19-2/h8H,3-7H2,1-2H3,(H,12,16). The van der Waals surface area contributed by atoms with Crippen molar-refractivity contribution in [2.75, 3.05) is 13.7 Å². The Hall–Kier alpha value is -2.12. The summed E-state index contributed by atoms with van der Waals surface area (Å²) in [5.41, 5.74) is -0.200. The highest BCUT2D eigenvalue weighted by Crippen LogP contribution is 2.23. The number of carbonyl (C=O) groups is 1. The third-order valence-electron chi connectivity index (χ3n) is 2.52. The molecule has 0 aliphatic heterocycles. The van der Waals surface area contributed by atoms with Crippen molar-refractivity contribution in [1.82, 2.24) is 15.1 Å². The fraction of sp³-hybridized carbons (Fsp3) is 0.636. The Balaban J connectivity index is 2.49. The summed E-state index contributed by atoms with van der Waals surface area (Å²) in [6.07, 6.45) is 3.44. The second-order valence-corrected chi connectivity index (χ2v) is 4.00. The number of nitrogens with zero attached hydrogens (tertiary/aromatic N) is 3. The van der Waals surface area contributed by atoms with Crippen molar-refractivity contribution >= 4 is 11.6 Å². The number of hydrogen-bond acceptors (Lipinski definition) is 5. The molecule has 0 fully saturated rings. The van der Waals surface area contributed by atoms with Crippen LogP contribution < -0.4 is 10.1 Å². The van der Waals surface area contributed by atoms with Crippen molar-refractivity contribution in [2.45, 2.75) is 32.7 Å². The zero-order chi connectivity index (χ0) is 14.3. The van der Waals surface area contributed by atoms with Gasteiger partial charge in [-0.2, -0.15) is 0 Å². The van der Waals surface area contributed by atoms with Crippen molar-refractivity contribution in [3.63, 3.8) is 0 Å². The number of ether oxygens (including phenoxy) is 1. The molecule has 1 heterocycles. The van der Waals surface area contributed by atoms with Crippen LogP contribution in [0.1, 0.15) is 26.2 Å². The smallest absolute Gasteiger partial charge is 0.350 e. The van der Waals surface area contributed by atoms with E-state index in [1.807, 2.05) is 6.92 Å². The topological polar surface area (TPSA) is 99.3 Å². The zero-order valence-electron chi connectivity index (χ0n) is 11.1. The Morgan fingerprint density at radius 2 is 2.37 bits per heavy atom. The van der Waals surface area contributed by atoms with Crippen molar-refractivity contribution < 1.29 is 14.5 Å². The van der Waals surface area contributed by atoms with E-state index in [0.717, 1.165) is 12.8 Å². The number of rotatable bonds is 8. The maximum Gasteiger partial charge on any atom is 0.350 e. The monoisotopic (exact) mass is 270 g/mol. The van der Waals surface area contributed by atoms with Crippen LogP contribution in [0.2, 0.25) is 0 Å². The first-order valence-electron chi connectivity index (χ1n) is 6.11. The highest BCUT2D eigenvalue weighted by atomic mass is 16.6. The second kappa shape index (κ2) is 7.34. The Kier molecular flexibility index (Phi) is 5.77. The van der Waals surface area contributed by atoms with Gasteiger partial charge in [-0.3, -0.25) is 19.6 Å². The van der Waals surface area contributed by atoms with Crippen LogP contribution in [-0.2, 0) is 11.3 Å². The molecule has 0 unspecified atom stereocenters. The van der Waals surface area contributed by atoms with E-state index >= 15 is 0 Å². The molecule has 0 bridgehead atoms. The summed E-state index contributed by atoms with van der Waals surface area (Å²) in [5, 5.41) is 17.4.